The third-order valence-corrected chi connectivity index (χ3v) is 5.20. The lowest BCUT2D eigenvalue weighted by Gasteiger charge is -2.30. The Bertz CT molecular complexity index is 360. The van der Waals surface area contributed by atoms with Gasteiger partial charge in [0.15, 0.2) is 0 Å². The molecule has 0 radical (unpaired) electrons. The quantitative estimate of drug-likeness (QED) is 0.590. The molecule has 0 aliphatic heterocycles. The van der Waals surface area contributed by atoms with Crippen molar-refractivity contribution in [2.24, 2.45) is 27.8 Å². The highest BCUT2D eigenvalue weighted by molar-refractivity contribution is 5.98. The van der Waals surface area contributed by atoms with Gasteiger partial charge in [-0.15, -0.1) is 0 Å². The van der Waals surface area contributed by atoms with E-state index in [9.17, 15) is 5.11 Å². The Kier molecular flexibility index (Phi) is 3.97. The number of nitrogens with zero attached hydrogens (tertiary/aromatic N) is 1. The van der Waals surface area contributed by atoms with Gasteiger partial charge in [0.25, 0.3) is 0 Å². The van der Waals surface area contributed by atoms with E-state index in [-0.39, 0.29) is 16.9 Å². The monoisotopic (exact) mass is 267 g/mol. The normalized spacial score (nSPS) is 36.3. The number of fused-ring (bicyclic) bond motifs is 1. The molecule has 2 saturated carbocycles. The van der Waals surface area contributed by atoms with Gasteiger partial charge in [-0.2, -0.15) is 0 Å². The van der Waals surface area contributed by atoms with Crippen LogP contribution in [0.5, 0.6) is 0 Å². The molecule has 0 aromatic rings. The summed E-state index contributed by atoms with van der Waals surface area (Å²) in [4.78, 5) is 5.52. The Morgan fingerprint density at radius 2 is 1.84 bits per heavy atom. The molecule has 0 amide bonds. The molecule has 0 aromatic heterocycles. The molecule has 0 unspecified atom stereocenters. The van der Waals surface area contributed by atoms with Crippen molar-refractivity contribution in [2.75, 3.05) is 6.61 Å². The van der Waals surface area contributed by atoms with Gasteiger partial charge >= 0.3 is 0 Å². The summed E-state index contributed by atoms with van der Waals surface area (Å²) in [5.74, 6) is 0.776. The molecule has 3 nitrogen and oxygen atoms in total. The molecule has 110 valence electrons. The van der Waals surface area contributed by atoms with Crippen molar-refractivity contribution in [3.8, 4) is 0 Å². The fourth-order valence-electron chi connectivity index (χ4n) is 3.67. The maximum Gasteiger partial charge on any atom is 0.117 e. The van der Waals surface area contributed by atoms with Crippen LogP contribution in [-0.2, 0) is 4.84 Å². The van der Waals surface area contributed by atoms with Crippen LogP contribution >= 0.6 is 0 Å². The first-order valence-electron chi connectivity index (χ1n) is 7.73. The van der Waals surface area contributed by atoms with E-state index in [4.69, 9.17) is 4.84 Å². The summed E-state index contributed by atoms with van der Waals surface area (Å²) in [6, 6.07) is 0. The number of rotatable bonds is 6. The number of aliphatic hydroxyl groups is 1. The summed E-state index contributed by atoms with van der Waals surface area (Å²) in [5, 5.41) is 14.8. The van der Waals surface area contributed by atoms with Gasteiger partial charge in [-0.05, 0) is 18.3 Å². The Morgan fingerprint density at radius 1 is 1.16 bits per heavy atom. The van der Waals surface area contributed by atoms with Crippen molar-refractivity contribution in [1.82, 2.24) is 0 Å². The van der Waals surface area contributed by atoms with Crippen LogP contribution < -0.4 is 0 Å². The SMILES string of the molecule is CCCCCCO/N=C1/[C@@H]2[C@H]([C@H](O)C1(C)C)C2(C)C. The molecule has 19 heavy (non-hydrogen) atoms. The third kappa shape index (κ3) is 2.42. The van der Waals surface area contributed by atoms with Gasteiger partial charge in [0, 0.05) is 17.3 Å². The molecule has 0 heterocycles. The Labute approximate surface area is 117 Å². The molecule has 2 rings (SSSR count). The molecule has 0 aromatic carbocycles. The summed E-state index contributed by atoms with van der Waals surface area (Å²) >= 11 is 0. The molecule has 2 fully saturated rings. The van der Waals surface area contributed by atoms with Gasteiger partial charge in [-0.1, -0.05) is 52.6 Å². The van der Waals surface area contributed by atoms with Gasteiger partial charge in [-0.25, -0.2) is 0 Å². The molecule has 3 heteroatoms. The Morgan fingerprint density at radius 3 is 2.42 bits per heavy atom. The van der Waals surface area contributed by atoms with E-state index in [1.807, 2.05) is 0 Å². The molecule has 0 bridgehead atoms. The number of hydrogen-bond acceptors (Lipinski definition) is 3. The minimum Gasteiger partial charge on any atom is -0.396 e. The highest BCUT2D eigenvalue weighted by Crippen LogP contribution is 2.69. The fourth-order valence-corrected chi connectivity index (χ4v) is 3.67. The van der Waals surface area contributed by atoms with Gasteiger partial charge in [-0.3, -0.25) is 0 Å². The van der Waals surface area contributed by atoms with Crippen molar-refractivity contribution < 1.29 is 9.94 Å². The van der Waals surface area contributed by atoms with Crippen LogP contribution in [0.1, 0.15) is 60.3 Å². The largest absolute Gasteiger partial charge is 0.396 e. The summed E-state index contributed by atoms with van der Waals surface area (Å²) in [6.07, 6.45) is 4.51. The van der Waals surface area contributed by atoms with E-state index >= 15 is 0 Å². The fraction of sp³-hybridized carbons (Fsp3) is 0.938. The van der Waals surface area contributed by atoms with E-state index < -0.39 is 0 Å². The van der Waals surface area contributed by atoms with E-state index in [0.29, 0.717) is 18.4 Å². The second-order valence-corrected chi connectivity index (χ2v) is 7.36. The molecule has 2 aliphatic rings. The molecular weight excluding hydrogens is 238 g/mol. The zero-order valence-corrected chi connectivity index (χ0v) is 13.1. The first kappa shape index (κ1) is 14.8. The Balaban J connectivity index is 1.91. The number of unbranched alkanes of at least 4 members (excludes halogenated alkanes) is 3. The molecule has 1 N–H and O–H groups in total. The molecule has 0 spiro atoms. The van der Waals surface area contributed by atoms with Crippen LogP contribution in [0.15, 0.2) is 5.16 Å². The van der Waals surface area contributed by atoms with Gasteiger partial charge in [0.1, 0.15) is 6.61 Å². The van der Waals surface area contributed by atoms with Gasteiger partial charge < -0.3 is 9.94 Å². The average molecular weight is 267 g/mol. The van der Waals surface area contributed by atoms with Gasteiger partial charge in [0.05, 0.1) is 11.8 Å². The van der Waals surface area contributed by atoms with E-state index in [2.05, 4.69) is 39.8 Å². The topological polar surface area (TPSA) is 41.8 Å². The zero-order valence-electron chi connectivity index (χ0n) is 13.1. The lowest BCUT2D eigenvalue weighted by atomic mass is 9.78. The summed E-state index contributed by atoms with van der Waals surface area (Å²) < 4.78 is 0. The standard InChI is InChI=1S/C16H29NO2/c1-6-7-8-9-10-19-17-13-11-12(15(11,2)3)14(18)16(13,4)5/h11-12,14,18H,6-10H2,1-5H3/b17-13-/t11-,12+,14-/m0/s1. The van der Waals surface area contributed by atoms with Crippen molar-refractivity contribution in [2.45, 2.75) is 66.4 Å². The van der Waals surface area contributed by atoms with Crippen LogP contribution in [-0.4, -0.2) is 23.5 Å². The third-order valence-electron chi connectivity index (χ3n) is 5.20. The minimum absolute atomic E-state index is 0.194. The second kappa shape index (κ2) is 5.08. The maximum absolute atomic E-state index is 10.4. The van der Waals surface area contributed by atoms with Crippen LogP contribution in [0.3, 0.4) is 0 Å². The zero-order chi connectivity index (χ0) is 14.3. The van der Waals surface area contributed by atoms with Gasteiger partial charge in [0.2, 0.25) is 0 Å². The average Bonchev–Trinajstić information content (AvgIpc) is 2.80. The predicted molar refractivity (Wildman–Crippen MR) is 78.1 cm³/mol. The van der Waals surface area contributed by atoms with E-state index in [1.165, 1.54) is 19.3 Å². The number of oxime groups is 1. The van der Waals surface area contributed by atoms with Crippen LogP contribution in [0.25, 0.3) is 0 Å². The maximum atomic E-state index is 10.4. The molecular formula is C16H29NO2. The van der Waals surface area contributed by atoms with Crippen LogP contribution in [0.4, 0.5) is 0 Å². The van der Waals surface area contributed by atoms with Crippen molar-refractivity contribution in [3.63, 3.8) is 0 Å². The first-order valence-corrected chi connectivity index (χ1v) is 7.73. The van der Waals surface area contributed by atoms with Crippen molar-refractivity contribution >= 4 is 5.71 Å². The molecule has 0 saturated heterocycles. The molecule has 2 aliphatic carbocycles. The summed E-state index contributed by atoms with van der Waals surface area (Å²) in [7, 11) is 0. The van der Waals surface area contributed by atoms with Crippen LogP contribution in [0, 0.1) is 22.7 Å². The summed E-state index contributed by atoms with van der Waals surface area (Å²) in [6.45, 7) is 11.5. The highest BCUT2D eigenvalue weighted by Gasteiger charge is 2.73. The minimum atomic E-state index is -0.282. The van der Waals surface area contributed by atoms with Crippen LogP contribution in [0.2, 0.25) is 0 Å². The Hall–Kier alpha value is -0.570. The van der Waals surface area contributed by atoms with Crippen molar-refractivity contribution in [1.29, 1.82) is 0 Å². The molecule has 3 atom stereocenters. The lowest BCUT2D eigenvalue weighted by molar-refractivity contribution is 0.0657. The van der Waals surface area contributed by atoms with Crippen molar-refractivity contribution in [3.05, 3.63) is 0 Å². The van der Waals surface area contributed by atoms with E-state index in [0.717, 1.165) is 12.1 Å². The lowest BCUT2D eigenvalue weighted by Crippen LogP contribution is -2.37. The smallest absolute Gasteiger partial charge is 0.117 e. The number of hydrogen-bond donors (Lipinski definition) is 1. The first-order chi connectivity index (χ1) is 8.85. The predicted octanol–water partition coefficient (Wildman–Crippen LogP) is 3.61. The number of aliphatic hydroxyl groups excluding tert-OH is 1. The highest BCUT2D eigenvalue weighted by atomic mass is 16.6. The summed E-state index contributed by atoms with van der Waals surface area (Å²) in [5.41, 5.74) is 1.04. The second-order valence-electron chi connectivity index (χ2n) is 7.36. The van der Waals surface area contributed by atoms with E-state index in [1.54, 1.807) is 0 Å².